The first-order chi connectivity index (χ1) is 24.1. The molecule has 0 bridgehead atoms. The lowest BCUT2D eigenvalue weighted by Crippen LogP contribution is -2.32. The number of amides is 2. The molecule has 2 amide bonds. The summed E-state index contributed by atoms with van der Waals surface area (Å²) in [5.41, 5.74) is 0. The predicted octanol–water partition coefficient (Wildman–Crippen LogP) is 6.36. The summed E-state index contributed by atoms with van der Waals surface area (Å²) in [6, 6.07) is 0. The molecule has 0 N–H and O–H groups in total. The Bertz CT molecular complexity index is 755. The van der Waals surface area contributed by atoms with Crippen molar-refractivity contribution in [2.45, 2.75) is 129 Å². The lowest BCUT2D eigenvalue weighted by Gasteiger charge is -2.12. The van der Waals surface area contributed by atoms with Crippen molar-refractivity contribution in [1.82, 2.24) is 5.06 Å². The molecule has 1 saturated heterocycles. The average molecular weight is 704 g/mol. The Morgan fingerprint density at radius 2 is 0.714 bits per heavy atom. The van der Waals surface area contributed by atoms with Crippen molar-refractivity contribution < 1.29 is 52.4 Å². The van der Waals surface area contributed by atoms with Crippen LogP contribution in [0.4, 0.5) is 0 Å². The first-order valence-corrected chi connectivity index (χ1v) is 19.3. The van der Waals surface area contributed by atoms with E-state index in [9.17, 15) is 14.4 Å². The summed E-state index contributed by atoms with van der Waals surface area (Å²) in [4.78, 5) is 39.2. The second kappa shape index (κ2) is 36.1. The highest BCUT2D eigenvalue weighted by molar-refractivity contribution is 6.01. The predicted molar refractivity (Wildman–Crippen MR) is 187 cm³/mol. The summed E-state index contributed by atoms with van der Waals surface area (Å²) in [6.07, 6.45) is 22.1. The second-order valence-electron chi connectivity index (χ2n) is 12.4. The number of rotatable bonds is 39. The minimum absolute atomic E-state index is 0.0614. The summed E-state index contributed by atoms with van der Waals surface area (Å²) >= 11 is 0. The van der Waals surface area contributed by atoms with E-state index in [0.29, 0.717) is 84.3 Å². The van der Waals surface area contributed by atoms with Crippen LogP contribution in [0.25, 0.3) is 0 Å². The van der Waals surface area contributed by atoms with Crippen molar-refractivity contribution >= 4 is 17.8 Å². The number of hydroxylamine groups is 2. The maximum absolute atomic E-state index is 11.7. The minimum atomic E-state index is -0.687. The first-order valence-electron chi connectivity index (χ1n) is 19.3. The third-order valence-corrected chi connectivity index (χ3v) is 8.02. The Morgan fingerprint density at radius 3 is 1.06 bits per heavy atom. The normalized spacial score (nSPS) is 13.2. The highest BCUT2D eigenvalue weighted by atomic mass is 16.7. The van der Waals surface area contributed by atoms with Crippen LogP contribution in [-0.4, -0.2) is 115 Å². The second-order valence-corrected chi connectivity index (χ2v) is 12.4. The van der Waals surface area contributed by atoms with Gasteiger partial charge >= 0.3 is 5.97 Å². The van der Waals surface area contributed by atoms with Crippen LogP contribution in [0.2, 0.25) is 0 Å². The quantitative estimate of drug-likeness (QED) is 0.0524. The fourth-order valence-electron chi connectivity index (χ4n) is 5.13. The Kier molecular flexibility index (Phi) is 33.4. The molecule has 0 aliphatic carbocycles. The third kappa shape index (κ3) is 30.8. The molecule has 1 heterocycles. The van der Waals surface area contributed by atoms with Gasteiger partial charge in [0.2, 0.25) is 0 Å². The summed E-state index contributed by atoms with van der Waals surface area (Å²) < 4.78 is 38.4. The number of nitrogens with zero attached hydrogens (tertiary/aromatic N) is 1. The topological polar surface area (TPSA) is 128 Å². The molecule has 12 nitrogen and oxygen atoms in total. The van der Waals surface area contributed by atoms with E-state index < -0.39 is 17.8 Å². The van der Waals surface area contributed by atoms with Gasteiger partial charge in [-0.3, -0.25) is 9.59 Å². The largest absolute Gasteiger partial charge is 0.379 e. The minimum Gasteiger partial charge on any atom is -0.379 e. The molecule has 1 aliphatic heterocycles. The molecule has 288 valence electrons. The van der Waals surface area contributed by atoms with Crippen molar-refractivity contribution in [3.8, 4) is 0 Å². The zero-order valence-corrected chi connectivity index (χ0v) is 30.8. The van der Waals surface area contributed by atoms with Gasteiger partial charge < -0.3 is 38.0 Å². The maximum atomic E-state index is 11.7. The van der Waals surface area contributed by atoms with Gasteiger partial charge in [-0.25, -0.2) is 4.79 Å². The SMILES string of the molecule is CCCCCCCCCCCCCCCCCCOCCOCCOCCOCCOCCOCCOCCC(=O)ON1C(=O)CCC1=O. The number of carbonyl (C=O) groups is 3. The van der Waals surface area contributed by atoms with Gasteiger partial charge in [0.1, 0.15) is 0 Å². The van der Waals surface area contributed by atoms with Gasteiger partial charge in [-0.15, -0.1) is 5.06 Å². The molecule has 0 aromatic carbocycles. The van der Waals surface area contributed by atoms with Crippen molar-refractivity contribution in [1.29, 1.82) is 0 Å². The van der Waals surface area contributed by atoms with Gasteiger partial charge in [0, 0.05) is 19.4 Å². The van der Waals surface area contributed by atoms with E-state index in [4.69, 9.17) is 38.0 Å². The van der Waals surface area contributed by atoms with E-state index in [1.54, 1.807) is 0 Å². The van der Waals surface area contributed by atoms with Gasteiger partial charge in [-0.2, -0.15) is 0 Å². The van der Waals surface area contributed by atoms with Crippen LogP contribution in [0.3, 0.4) is 0 Å². The molecule has 0 aromatic rings. The van der Waals surface area contributed by atoms with Gasteiger partial charge in [0.25, 0.3) is 11.8 Å². The molecule has 1 fully saturated rings. The van der Waals surface area contributed by atoms with E-state index >= 15 is 0 Å². The van der Waals surface area contributed by atoms with E-state index in [1.165, 1.54) is 96.3 Å². The molecular formula is C37H69NO11. The van der Waals surface area contributed by atoms with Crippen molar-refractivity contribution in [2.24, 2.45) is 0 Å². The average Bonchev–Trinajstić information content (AvgIpc) is 3.41. The van der Waals surface area contributed by atoms with Crippen LogP contribution < -0.4 is 0 Å². The molecule has 0 unspecified atom stereocenters. The van der Waals surface area contributed by atoms with E-state index in [0.717, 1.165) is 13.0 Å². The van der Waals surface area contributed by atoms with Crippen LogP contribution in [0.1, 0.15) is 129 Å². The lowest BCUT2D eigenvalue weighted by molar-refractivity contribution is -0.198. The summed E-state index contributed by atoms with van der Waals surface area (Å²) in [5, 5.41) is 0.529. The third-order valence-electron chi connectivity index (χ3n) is 8.02. The molecule has 0 aromatic heterocycles. The number of hydrogen-bond acceptors (Lipinski definition) is 11. The molecular weight excluding hydrogens is 634 g/mol. The molecule has 1 aliphatic rings. The highest BCUT2D eigenvalue weighted by Crippen LogP contribution is 2.14. The Balaban J connectivity index is 1.64. The maximum Gasteiger partial charge on any atom is 0.335 e. The van der Waals surface area contributed by atoms with E-state index in [2.05, 4.69) is 6.92 Å². The number of imide groups is 1. The van der Waals surface area contributed by atoms with Crippen LogP contribution in [0.5, 0.6) is 0 Å². The van der Waals surface area contributed by atoms with Gasteiger partial charge in [0.05, 0.1) is 92.3 Å². The number of ether oxygens (including phenoxy) is 7. The molecule has 0 atom stereocenters. The first kappa shape index (κ1) is 45.4. The Morgan fingerprint density at radius 1 is 0.429 bits per heavy atom. The number of carbonyl (C=O) groups excluding carboxylic acids is 3. The van der Waals surface area contributed by atoms with Gasteiger partial charge in [-0.1, -0.05) is 103 Å². The van der Waals surface area contributed by atoms with Crippen molar-refractivity contribution in [3.05, 3.63) is 0 Å². The molecule has 0 radical (unpaired) electrons. The van der Waals surface area contributed by atoms with E-state index in [1.807, 2.05) is 0 Å². The zero-order valence-electron chi connectivity index (χ0n) is 30.8. The number of hydrogen-bond donors (Lipinski definition) is 0. The standard InChI is InChI=1S/C37H69NO11/c1-2-3-4-5-6-7-8-9-10-11-12-13-14-15-16-17-21-42-23-25-44-27-29-46-31-33-48-34-32-47-30-28-45-26-24-43-22-20-37(41)49-38-35(39)18-19-36(38)40/h2-34H2,1H3. The van der Waals surface area contributed by atoms with E-state index in [-0.39, 0.29) is 25.9 Å². The monoisotopic (exact) mass is 703 g/mol. The summed E-state index contributed by atoms with van der Waals surface area (Å²) in [5.74, 6) is -1.69. The smallest absolute Gasteiger partial charge is 0.335 e. The molecule has 49 heavy (non-hydrogen) atoms. The van der Waals surface area contributed by atoms with Crippen LogP contribution in [-0.2, 0) is 52.4 Å². The zero-order chi connectivity index (χ0) is 35.3. The summed E-state index contributed by atoms with van der Waals surface area (Å²) in [7, 11) is 0. The van der Waals surface area contributed by atoms with Crippen LogP contribution in [0, 0.1) is 0 Å². The van der Waals surface area contributed by atoms with Gasteiger partial charge in [0.15, 0.2) is 0 Å². The Hall–Kier alpha value is -1.67. The van der Waals surface area contributed by atoms with Crippen LogP contribution in [0.15, 0.2) is 0 Å². The Labute approximate surface area is 296 Å². The molecule has 0 saturated carbocycles. The van der Waals surface area contributed by atoms with Crippen molar-refractivity contribution in [3.63, 3.8) is 0 Å². The molecule has 12 heteroatoms. The fraction of sp³-hybridized carbons (Fsp3) is 0.919. The van der Waals surface area contributed by atoms with Gasteiger partial charge in [-0.05, 0) is 6.42 Å². The number of unbranched alkanes of at least 4 members (excludes halogenated alkanes) is 15. The van der Waals surface area contributed by atoms with Crippen LogP contribution >= 0.6 is 0 Å². The van der Waals surface area contributed by atoms with Crippen molar-refractivity contribution in [2.75, 3.05) is 92.5 Å². The summed E-state index contributed by atoms with van der Waals surface area (Å²) in [6.45, 7) is 8.97. The molecule has 1 rings (SSSR count). The lowest BCUT2D eigenvalue weighted by atomic mass is 10.0. The highest BCUT2D eigenvalue weighted by Gasteiger charge is 2.32. The fourth-order valence-corrected chi connectivity index (χ4v) is 5.13. The molecule has 0 spiro atoms.